The van der Waals surface area contributed by atoms with Crippen LogP contribution in [0.2, 0.25) is 0 Å². The molecule has 0 fully saturated rings. The predicted molar refractivity (Wildman–Crippen MR) is 122 cm³/mol. The van der Waals surface area contributed by atoms with E-state index in [4.69, 9.17) is 14.2 Å². The Hall–Kier alpha value is -3.21. The van der Waals surface area contributed by atoms with E-state index < -0.39 is 0 Å². The van der Waals surface area contributed by atoms with Crippen molar-refractivity contribution in [2.45, 2.75) is 46.1 Å². The molecule has 2 aromatic carbocycles. The topological polar surface area (TPSA) is 56.8 Å². The summed E-state index contributed by atoms with van der Waals surface area (Å²) in [5.41, 5.74) is 4.38. The van der Waals surface area contributed by atoms with Gasteiger partial charge in [-0.05, 0) is 44.0 Å². The fourth-order valence-corrected chi connectivity index (χ4v) is 3.68. The van der Waals surface area contributed by atoms with Gasteiger partial charge < -0.3 is 19.5 Å². The third-order valence-electron chi connectivity index (χ3n) is 5.25. The molecule has 1 heterocycles. The highest BCUT2D eigenvalue weighted by Crippen LogP contribution is 2.38. The molecule has 164 valence electrons. The fourth-order valence-electron chi connectivity index (χ4n) is 3.68. The van der Waals surface area contributed by atoms with Gasteiger partial charge in [0.1, 0.15) is 18.1 Å². The van der Waals surface area contributed by atoms with Gasteiger partial charge in [-0.15, -0.1) is 0 Å². The van der Waals surface area contributed by atoms with Crippen LogP contribution in [0.25, 0.3) is 0 Å². The molecule has 1 aliphatic heterocycles. The Morgan fingerprint density at radius 1 is 1.10 bits per heavy atom. The predicted octanol–water partition coefficient (Wildman–Crippen LogP) is 5.48. The van der Waals surface area contributed by atoms with Crippen LogP contribution < -0.4 is 14.8 Å². The summed E-state index contributed by atoms with van der Waals surface area (Å²) in [6, 6.07) is 15.7. The van der Waals surface area contributed by atoms with E-state index in [1.54, 1.807) is 7.11 Å². The van der Waals surface area contributed by atoms with Crippen LogP contribution in [0.3, 0.4) is 0 Å². The van der Waals surface area contributed by atoms with Crippen LogP contribution in [-0.4, -0.2) is 19.7 Å². The van der Waals surface area contributed by atoms with E-state index >= 15 is 0 Å². The second kappa shape index (κ2) is 10.7. The monoisotopic (exact) mass is 421 g/mol. The number of carbonyl (C=O) groups excluding carboxylic acids is 1. The van der Waals surface area contributed by atoms with Crippen LogP contribution >= 0.6 is 0 Å². The molecule has 5 heteroatoms. The molecular formula is C26H31NO4. The van der Waals surface area contributed by atoms with Gasteiger partial charge in [0.25, 0.3) is 0 Å². The Morgan fingerprint density at radius 3 is 2.68 bits per heavy atom. The number of methoxy groups -OCH3 is 1. The van der Waals surface area contributed by atoms with Crippen molar-refractivity contribution in [1.82, 2.24) is 5.32 Å². The van der Waals surface area contributed by atoms with Crippen molar-refractivity contribution in [2.24, 2.45) is 0 Å². The Bertz CT molecular complexity index is 977. The molecule has 31 heavy (non-hydrogen) atoms. The van der Waals surface area contributed by atoms with Crippen LogP contribution in [0, 0.1) is 0 Å². The van der Waals surface area contributed by atoms with Gasteiger partial charge in [0, 0.05) is 22.9 Å². The number of hydrogen-bond acceptors (Lipinski definition) is 5. The zero-order valence-electron chi connectivity index (χ0n) is 18.7. The lowest BCUT2D eigenvalue weighted by atomic mass is 9.86. The molecule has 1 aliphatic rings. The van der Waals surface area contributed by atoms with Crippen molar-refractivity contribution in [2.75, 3.05) is 13.7 Å². The van der Waals surface area contributed by atoms with E-state index in [9.17, 15) is 4.79 Å². The summed E-state index contributed by atoms with van der Waals surface area (Å²) in [5, 5.41) is 3.28. The van der Waals surface area contributed by atoms with E-state index in [0.29, 0.717) is 18.8 Å². The largest absolute Gasteiger partial charge is 0.497 e. The zero-order valence-corrected chi connectivity index (χ0v) is 18.7. The molecule has 0 aliphatic carbocycles. The van der Waals surface area contributed by atoms with Gasteiger partial charge in [0.15, 0.2) is 0 Å². The van der Waals surface area contributed by atoms with Gasteiger partial charge in [-0.25, -0.2) is 4.79 Å². The lowest BCUT2D eigenvalue weighted by Crippen LogP contribution is -2.26. The molecule has 5 nitrogen and oxygen atoms in total. The smallest absolute Gasteiger partial charge is 0.336 e. The fraction of sp³-hybridized carbons (Fsp3) is 0.346. The van der Waals surface area contributed by atoms with Gasteiger partial charge in [-0.2, -0.15) is 0 Å². The highest BCUT2D eigenvalue weighted by atomic mass is 16.5. The molecule has 0 saturated heterocycles. The first-order chi connectivity index (χ1) is 15.0. The van der Waals surface area contributed by atoms with Crippen molar-refractivity contribution in [3.8, 4) is 11.5 Å². The molecule has 0 saturated carbocycles. The van der Waals surface area contributed by atoms with Gasteiger partial charge in [0.05, 0.1) is 19.3 Å². The molecule has 0 spiro atoms. The highest BCUT2D eigenvalue weighted by molar-refractivity contribution is 5.92. The first kappa shape index (κ1) is 22.5. The molecule has 1 N–H and O–H groups in total. The minimum atomic E-state index is -0.283. The maximum atomic E-state index is 12.9. The third kappa shape index (κ3) is 5.69. The van der Waals surface area contributed by atoms with E-state index in [1.165, 1.54) is 0 Å². The lowest BCUT2D eigenvalue weighted by molar-refractivity contribution is -0.139. The third-order valence-corrected chi connectivity index (χ3v) is 5.25. The number of rotatable bonds is 9. The van der Waals surface area contributed by atoms with Gasteiger partial charge in [0.2, 0.25) is 0 Å². The average molecular weight is 422 g/mol. The Kier molecular flexibility index (Phi) is 7.76. The van der Waals surface area contributed by atoms with Crippen LogP contribution in [0.4, 0.5) is 0 Å². The standard InChI is InChI=1S/C26H31NO4/c1-5-6-14-30-26(28)25-19(3)27-18(2)15-23(25)22-12-7-8-13-24(22)31-17-20-10-9-11-21(16-20)29-4/h7-13,15-16,23,27H,5-6,14,17H2,1-4H3. The van der Waals surface area contributed by atoms with E-state index in [-0.39, 0.29) is 11.9 Å². The first-order valence-corrected chi connectivity index (χ1v) is 10.7. The van der Waals surface area contributed by atoms with Crippen molar-refractivity contribution in [3.63, 3.8) is 0 Å². The van der Waals surface area contributed by atoms with Crippen LogP contribution in [0.15, 0.2) is 71.6 Å². The maximum Gasteiger partial charge on any atom is 0.336 e. The van der Waals surface area contributed by atoms with Crippen molar-refractivity contribution in [3.05, 3.63) is 82.7 Å². The van der Waals surface area contributed by atoms with Crippen LogP contribution in [0.5, 0.6) is 11.5 Å². The van der Waals surface area contributed by atoms with Crippen LogP contribution in [0.1, 0.15) is 50.7 Å². The summed E-state index contributed by atoms with van der Waals surface area (Å²) in [6.45, 7) is 6.82. The highest BCUT2D eigenvalue weighted by Gasteiger charge is 2.30. The molecule has 1 unspecified atom stereocenters. The Morgan fingerprint density at radius 2 is 1.90 bits per heavy atom. The summed E-state index contributed by atoms with van der Waals surface area (Å²) >= 11 is 0. The molecule has 2 aromatic rings. The van der Waals surface area contributed by atoms with Crippen molar-refractivity contribution < 1.29 is 19.0 Å². The molecular weight excluding hydrogens is 390 g/mol. The number of ether oxygens (including phenoxy) is 3. The van der Waals surface area contributed by atoms with Crippen LogP contribution in [-0.2, 0) is 16.1 Å². The Balaban J connectivity index is 1.87. The van der Waals surface area contributed by atoms with Crippen molar-refractivity contribution >= 4 is 5.97 Å². The van der Waals surface area contributed by atoms with Gasteiger partial charge in [-0.3, -0.25) is 0 Å². The lowest BCUT2D eigenvalue weighted by Gasteiger charge is -2.27. The number of benzene rings is 2. The second-order valence-electron chi connectivity index (χ2n) is 7.66. The molecule has 0 amide bonds. The SMILES string of the molecule is CCCCOC(=O)C1=C(C)NC(C)=CC1c1ccccc1OCc1cccc(OC)c1. The Labute approximate surface area is 184 Å². The summed E-state index contributed by atoms with van der Waals surface area (Å²) in [4.78, 5) is 12.9. The minimum Gasteiger partial charge on any atom is -0.497 e. The number of hydrogen-bond donors (Lipinski definition) is 1. The number of unbranched alkanes of at least 4 members (excludes halogenated alkanes) is 1. The summed E-state index contributed by atoms with van der Waals surface area (Å²) in [5.74, 6) is 1.02. The first-order valence-electron chi connectivity index (χ1n) is 10.7. The normalized spacial score (nSPS) is 15.7. The maximum absolute atomic E-state index is 12.9. The number of para-hydroxylation sites is 1. The molecule has 0 radical (unpaired) electrons. The summed E-state index contributed by atoms with van der Waals surface area (Å²) < 4.78 is 17.0. The summed E-state index contributed by atoms with van der Waals surface area (Å²) in [7, 11) is 1.65. The second-order valence-corrected chi connectivity index (χ2v) is 7.66. The van der Waals surface area contributed by atoms with E-state index in [2.05, 4.69) is 18.3 Å². The molecule has 1 atom stereocenters. The zero-order chi connectivity index (χ0) is 22.2. The van der Waals surface area contributed by atoms with Gasteiger partial charge >= 0.3 is 5.97 Å². The van der Waals surface area contributed by atoms with E-state index in [0.717, 1.165) is 46.9 Å². The molecule has 0 aromatic heterocycles. The number of nitrogens with one attached hydrogen (secondary N) is 1. The molecule has 0 bridgehead atoms. The molecule has 3 rings (SSSR count). The average Bonchev–Trinajstić information content (AvgIpc) is 2.77. The summed E-state index contributed by atoms with van der Waals surface area (Å²) in [6.07, 6.45) is 3.88. The minimum absolute atomic E-state index is 0.239. The quantitative estimate of drug-likeness (QED) is 0.429. The number of dihydropyridines is 1. The number of allylic oxidation sites excluding steroid dienone is 3. The van der Waals surface area contributed by atoms with Gasteiger partial charge in [-0.1, -0.05) is 49.8 Å². The number of carbonyl (C=O) groups is 1. The van der Waals surface area contributed by atoms with E-state index in [1.807, 2.05) is 62.4 Å². The number of esters is 1. The van der Waals surface area contributed by atoms with Crippen molar-refractivity contribution in [1.29, 1.82) is 0 Å².